The van der Waals surface area contributed by atoms with E-state index in [1.54, 1.807) is 21.9 Å². The number of fused-ring (bicyclic) bond motifs is 2. The maximum absolute atomic E-state index is 12.9. The van der Waals surface area contributed by atoms with Gasteiger partial charge in [0.1, 0.15) is 10.1 Å². The summed E-state index contributed by atoms with van der Waals surface area (Å²) in [6.07, 6.45) is 4.26. The van der Waals surface area contributed by atoms with Gasteiger partial charge in [0.05, 0.1) is 17.0 Å². The van der Waals surface area contributed by atoms with Gasteiger partial charge in [-0.1, -0.05) is 55.0 Å². The molecule has 10 heteroatoms. The van der Waals surface area contributed by atoms with Gasteiger partial charge in [-0.05, 0) is 37.6 Å². The standard InChI is InChI=1S/C22H21N7OS2/c1-4-6-17-27-28-15(18(24-21(28)32-17)13-9-7-12(3)8-10-13)11-14-19(23)29-22(25-20(14)30)31-16(5-2)26-29/h7-11,23H,4-6H2,1-3H3/b14-11-,23-19?. The van der Waals surface area contributed by atoms with Crippen LogP contribution in [0.25, 0.3) is 22.3 Å². The summed E-state index contributed by atoms with van der Waals surface area (Å²) in [4.78, 5) is 22.6. The van der Waals surface area contributed by atoms with Crippen LogP contribution in [0.3, 0.4) is 0 Å². The summed E-state index contributed by atoms with van der Waals surface area (Å²) >= 11 is 2.88. The lowest BCUT2D eigenvalue weighted by Crippen LogP contribution is -2.35. The molecule has 0 aliphatic carbocycles. The number of nitrogens with one attached hydrogen (secondary N) is 1. The summed E-state index contributed by atoms with van der Waals surface area (Å²) in [5.74, 6) is -0.431. The van der Waals surface area contributed by atoms with Crippen LogP contribution in [0.4, 0.5) is 0 Å². The fourth-order valence-corrected chi connectivity index (χ4v) is 5.31. The molecule has 2 aliphatic rings. The van der Waals surface area contributed by atoms with E-state index in [0.29, 0.717) is 10.9 Å². The van der Waals surface area contributed by atoms with E-state index in [1.165, 1.54) is 16.8 Å². The zero-order valence-electron chi connectivity index (χ0n) is 17.9. The maximum atomic E-state index is 12.9. The van der Waals surface area contributed by atoms with Crippen molar-refractivity contribution in [2.24, 2.45) is 10.1 Å². The SMILES string of the molecule is CCCc1nn2c(/C=C3/C(=N)N4N=C(CC)SC4=NC3=O)c(-c3ccc(C)cc3)nc2s1. The number of aromatic nitrogens is 3. The Kier molecular flexibility index (Phi) is 5.26. The van der Waals surface area contributed by atoms with Gasteiger partial charge in [-0.3, -0.25) is 10.2 Å². The van der Waals surface area contributed by atoms with Gasteiger partial charge < -0.3 is 0 Å². The zero-order chi connectivity index (χ0) is 22.4. The monoisotopic (exact) mass is 463 g/mol. The number of aryl methyl sites for hydroxylation is 2. The fourth-order valence-electron chi connectivity index (χ4n) is 3.48. The predicted octanol–water partition coefficient (Wildman–Crippen LogP) is 4.75. The van der Waals surface area contributed by atoms with E-state index in [0.717, 1.165) is 51.1 Å². The van der Waals surface area contributed by atoms with Crippen molar-refractivity contribution in [1.29, 1.82) is 5.41 Å². The van der Waals surface area contributed by atoms with Crippen molar-refractivity contribution in [2.75, 3.05) is 0 Å². The number of carbonyl (C=O) groups is 1. The zero-order valence-corrected chi connectivity index (χ0v) is 19.5. The lowest BCUT2D eigenvalue weighted by Gasteiger charge is -2.20. The summed E-state index contributed by atoms with van der Waals surface area (Å²) in [6.45, 7) is 6.13. The minimum Gasteiger partial charge on any atom is -0.282 e. The van der Waals surface area contributed by atoms with Crippen molar-refractivity contribution in [2.45, 2.75) is 40.0 Å². The number of hydrogen-bond acceptors (Lipinski definition) is 7. The number of nitrogens with zero attached hydrogens (tertiary/aromatic N) is 6. The van der Waals surface area contributed by atoms with Gasteiger partial charge >= 0.3 is 0 Å². The molecule has 0 saturated carbocycles. The summed E-state index contributed by atoms with van der Waals surface area (Å²) in [6, 6.07) is 8.08. The Hall–Kier alpha value is -3.11. The quantitative estimate of drug-likeness (QED) is 0.551. The van der Waals surface area contributed by atoms with E-state index in [9.17, 15) is 4.79 Å². The van der Waals surface area contributed by atoms with E-state index >= 15 is 0 Å². The number of amides is 1. The number of imidazole rings is 1. The molecule has 1 amide bonds. The van der Waals surface area contributed by atoms with Crippen LogP contribution in [0.2, 0.25) is 0 Å². The van der Waals surface area contributed by atoms with Crippen LogP contribution in [0.15, 0.2) is 39.9 Å². The third-order valence-electron chi connectivity index (χ3n) is 5.15. The van der Waals surface area contributed by atoms with E-state index in [1.807, 2.05) is 38.1 Å². The third-order valence-corrected chi connectivity index (χ3v) is 7.17. The summed E-state index contributed by atoms with van der Waals surface area (Å²) in [7, 11) is 0. The smallest absolute Gasteiger partial charge is 0.282 e. The molecule has 0 radical (unpaired) electrons. The fraction of sp³-hybridized carbons (Fsp3) is 0.273. The first-order valence-electron chi connectivity index (χ1n) is 10.4. The number of aliphatic imine (C=N–C) groups is 1. The van der Waals surface area contributed by atoms with Crippen LogP contribution in [0.5, 0.6) is 0 Å². The Morgan fingerprint density at radius 3 is 2.69 bits per heavy atom. The minimum atomic E-state index is -0.449. The topological polar surface area (TPSA) is 99.1 Å². The lowest BCUT2D eigenvalue weighted by atomic mass is 10.1. The molecule has 2 aliphatic heterocycles. The van der Waals surface area contributed by atoms with Crippen LogP contribution < -0.4 is 0 Å². The average molecular weight is 464 g/mol. The van der Waals surface area contributed by atoms with E-state index in [-0.39, 0.29) is 11.4 Å². The normalized spacial score (nSPS) is 17.3. The van der Waals surface area contributed by atoms with Crippen molar-refractivity contribution in [3.63, 3.8) is 0 Å². The predicted molar refractivity (Wildman–Crippen MR) is 130 cm³/mol. The van der Waals surface area contributed by atoms with E-state index in [4.69, 9.17) is 15.5 Å². The van der Waals surface area contributed by atoms with Gasteiger partial charge in [0.15, 0.2) is 5.84 Å². The molecule has 0 fully saturated rings. The van der Waals surface area contributed by atoms with E-state index < -0.39 is 5.91 Å². The molecule has 0 unspecified atom stereocenters. The number of amidine groups is 2. The number of thioether (sulfide) groups is 1. The number of hydrazone groups is 1. The Bertz CT molecular complexity index is 1340. The highest BCUT2D eigenvalue weighted by Crippen LogP contribution is 2.32. The van der Waals surface area contributed by atoms with Gasteiger partial charge in [0.25, 0.3) is 5.91 Å². The summed E-state index contributed by atoms with van der Waals surface area (Å²) in [5.41, 5.74) is 3.65. The summed E-state index contributed by atoms with van der Waals surface area (Å²) < 4.78 is 1.77. The first-order chi connectivity index (χ1) is 15.5. The molecule has 1 N–H and O–H groups in total. The van der Waals surface area contributed by atoms with Crippen LogP contribution in [0.1, 0.15) is 43.0 Å². The highest BCUT2D eigenvalue weighted by Gasteiger charge is 2.35. The molecule has 162 valence electrons. The molecular formula is C22H21N7OS2. The molecule has 5 rings (SSSR count). The second kappa shape index (κ2) is 8.10. The molecule has 0 saturated heterocycles. The summed E-state index contributed by atoms with van der Waals surface area (Å²) in [5, 5.41) is 21.5. The Balaban J connectivity index is 1.67. The molecule has 32 heavy (non-hydrogen) atoms. The van der Waals surface area contributed by atoms with Crippen LogP contribution in [-0.2, 0) is 11.2 Å². The highest BCUT2D eigenvalue weighted by atomic mass is 32.2. The maximum Gasteiger partial charge on any atom is 0.283 e. The molecule has 0 bridgehead atoms. The Morgan fingerprint density at radius 2 is 1.97 bits per heavy atom. The lowest BCUT2D eigenvalue weighted by molar-refractivity contribution is -0.114. The molecule has 1 aromatic carbocycles. The first kappa shape index (κ1) is 20.8. The van der Waals surface area contributed by atoms with Gasteiger partial charge in [0.2, 0.25) is 10.1 Å². The molecule has 0 spiro atoms. The second-order valence-electron chi connectivity index (χ2n) is 7.52. The van der Waals surface area contributed by atoms with Crippen molar-refractivity contribution < 1.29 is 4.79 Å². The van der Waals surface area contributed by atoms with Crippen LogP contribution in [-0.4, -0.2) is 41.6 Å². The first-order valence-corrected chi connectivity index (χ1v) is 12.1. The molecule has 2 aromatic heterocycles. The molecule has 4 heterocycles. The third kappa shape index (κ3) is 3.49. The molecule has 3 aromatic rings. The van der Waals surface area contributed by atoms with Crippen LogP contribution in [0, 0.1) is 12.3 Å². The average Bonchev–Trinajstić information content (AvgIpc) is 3.45. The molecule has 8 nitrogen and oxygen atoms in total. The Labute approximate surface area is 193 Å². The largest absolute Gasteiger partial charge is 0.283 e. The minimum absolute atomic E-state index is 0.0183. The number of carbonyl (C=O) groups excluding carboxylic acids is 1. The van der Waals surface area contributed by atoms with Gasteiger partial charge in [0, 0.05) is 12.0 Å². The van der Waals surface area contributed by atoms with Crippen molar-refractivity contribution in [1.82, 2.24) is 19.6 Å². The highest BCUT2D eigenvalue weighted by molar-refractivity contribution is 8.26. The van der Waals surface area contributed by atoms with Crippen molar-refractivity contribution in [3.8, 4) is 11.3 Å². The Morgan fingerprint density at radius 1 is 1.19 bits per heavy atom. The molecular weight excluding hydrogens is 442 g/mol. The number of benzene rings is 1. The second-order valence-corrected chi connectivity index (χ2v) is 9.60. The van der Waals surface area contributed by atoms with Gasteiger partial charge in [-0.15, -0.1) is 0 Å². The number of rotatable bonds is 5. The van der Waals surface area contributed by atoms with Gasteiger partial charge in [-0.2, -0.15) is 20.2 Å². The van der Waals surface area contributed by atoms with Gasteiger partial charge in [-0.25, -0.2) is 9.50 Å². The van der Waals surface area contributed by atoms with Crippen molar-refractivity contribution >= 4 is 56.1 Å². The van der Waals surface area contributed by atoms with E-state index in [2.05, 4.69) is 17.0 Å². The van der Waals surface area contributed by atoms with Crippen molar-refractivity contribution in [3.05, 3.63) is 46.1 Å². The number of hydrogen-bond donors (Lipinski definition) is 1. The van der Waals surface area contributed by atoms with Crippen LogP contribution >= 0.6 is 23.1 Å². The molecule has 0 atom stereocenters.